The summed E-state index contributed by atoms with van der Waals surface area (Å²) in [7, 11) is 0. The molecule has 12 heteroatoms. The summed E-state index contributed by atoms with van der Waals surface area (Å²) < 4.78 is 0. The molecule has 0 saturated carbocycles. The van der Waals surface area contributed by atoms with Crippen molar-refractivity contribution >= 4 is 172 Å². The molecule has 0 aromatic rings. The van der Waals surface area contributed by atoms with E-state index in [-0.39, 0.29) is 165 Å². The van der Waals surface area contributed by atoms with Crippen LogP contribution in [0.3, 0.4) is 0 Å². The first kappa shape index (κ1) is 37.4. The second-order valence-corrected chi connectivity index (χ2v) is 2.48. The quantitative estimate of drug-likeness (QED) is 0.357. The molecule has 0 aliphatic carbocycles. The van der Waals surface area contributed by atoms with Crippen LogP contribution in [0, 0.1) is 0 Å². The van der Waals surface area contributed by atoms with Crippen LogP contribution in [0.25, 0.3) is 0 Å². The van der Waals surface area contributed by atoms with Crippen molar-refractivity contribution in [2.75, 3.05) is 0 Å². The van der Waals surface area contributed by atoms with Crippen LogP contribution in [0.1, 0.15) is 12.8 Å². The summed E-state index contributed by atoms with van der Waals surface area (Å²) in [6, 6.07) is 0. The van der Waals surface area contributed by atoms with Crippen molar-refractivity contribution in [2.45, 2.75) is 18.4 Å². The third kappa shape index (κ3) is 17.3. The predicted octanol–water partition coefficient (Wildman–Crippen LogP) is -4.84. The van der Waals surface area contributed by atoms with Crippen LogP contribution in [-0.2, 0) is 14.4 Å². The Morgan fingerprint density at radius 3 is 1.11 bits per heavy atom. The zero-order valence-corrected chi connectivity index (χ0v) is 7.43. The molecule has 8 N–H and O–H groups in total. The van der Waals surface area contributed by atoms with Gasteiger partial charge in [0.15, 0.2) is 5.60 Å². The average Bonchev–Trinajstić information content (AvgIpc) is 1.82. The molecular weight excluding hydrogens is 333 g/mol. The van der Waals surface area contributed by atoms with E-state index in [0.717, 1.165) is 0 Å². The number of hydrogen-bond donors (Lipinski definition) is 4. The van der Waals surface area contributed by atoms with Gasteiger partial charge in [-0.25, -0.2) is 4.79 Å². The van der Waals surface area contributed by atoms with Gasteiger partial charge in [-0.15, -0.1) is 0 Å². The Morgan fingerprint density at radius 2 is 1.00 bits per heavy atom. The Hall–Kier alpha value is 3.20. The molecule has 9 nitrogen and oxygen atoms in total. The van der Waals surface area contributed by atoms with Crippen LogP contribution in [0.5, 0.6) is 0 Å². The molecule has 0 spiro atoms. The van der Waals surface area contributed by atoms with Crippen LogP contribution in [-0.4, -0.2) is 209 Å². The van der Waals surface area contributed by atoms with E-state index < -0.39 is 36.4 Å². The summed E-state index contributed by atoms with van der Waals surface area (Å²) in [5, 5.41) is 33.8. The Balaban J connectivity index is -0.0000000720. The van der Waals surface area contributed by atoms with Gasteiger partial charge in [0.1, 0.15) is 0 Å². The summed E-state index contributed by atoms with van der Waals surface area (Å²) in [6.45, 7) is 0. The predicted molar refractivity (Wildman–Crippen MR) is 65.8 cm³/mol. The summed E-state index contributed by atoms with van der Waals surface area (Å²) in [6.07, 6.45) is -2.29. The van der Waals surface area contributed by atoms with Gasteiger partial charge < -0.3 is 31.4 Å². The van der Waals surface area contributed by atoms with Crippen molar-refractivity contribution in [1.29, 1.82) is 0 Å². The van der Waals surface area contributed by atoms with Crippen molar-refractivity contribution in [3.05, 3.63) is 0 Å². The monoisotopic (exact) mass is 348 g/mol. The first-order valence-corrected chi connectivity index (χ1v) is 3.17. The fraction of sp³-hybridized carbons (Fsp3) is 0.500. The number of hydrogen-bond acceptors (Lipinski definition) is 4. The van der Waals surface area contributed by atoms with E-state index in [9.17, 15) is 14.4 Å². The minimum absolute atomic E-state index is 0. The van der Waals surface area contributed by atoms with E-state index in [2.05, 4.69) is 0 Å². The van der Waals surface area contributed by atoms with Gasteiger partial charge >= 0.3 is 172 Å². The van der Waals surface area contributed by atoms with Crippen LogP contribution in [0.4, 0.5) is 0 Å². The Morgan fingerprint density at radius 1 is 0.778 bits per heavy atom. The van der Waals surface area contributed by atoms with Crippen molar-refractivity contribution in [2.24, 2.45) is 0 Å². The van der Waals surface area contributed by atoms with Gasteiger partial charge in [-0.05, 0) is 0 Å². The molecule has 0 radical (unpaired) electrons. The van der Waals surface area contributed by atoms with Gasteiger partial charge in [-0.2, -0.15) is 0 Å². The second-order valence-electron chi connectivity index (χ2n) is 2.48. The van der Waals surface area contributed by atoms with E-state index in [4.69, 9.17) is 20.4 Å². The molecule has 0 bridgehead atoms. The first-order chi connectivity index (χ1) is 5.78. The molecule has 0 unspecified atom stereocenters. The third-order valence-electron chi connectivity index (χ3n) is 1.29. The maximum absolute atomic E-state index is 10.3. The van der Waals surface area contributed by atoms with Gasteiger partial charge in [-0.1, -0.05) is 0 Å². The van der Waals surface area contributed by atoms with Gasteiger partial charge in [0.2, 0.25) is 0 Å². The Kier molecular flexibility index (Phi) is 38.0. The van der Waals surface area contributed by atoms with Gasteiger partial charge in [-0.3, -0.25) is 9.59 Å². The van der Waals surface area contributed by atoms with Crippen molar-refractivity contribution < 1.29 is 45.8 Å². The van der Waals surface area contributed by atoms with E-state index >= 15 is 0 Å². The molecule has 0 amide bonds. The zero-order chi connectivity index (χ0) is 10.6. The molecule has 0 rings (SSSR count). The summed E-state index contributed by atoms with van der Waals surface area (Å²) in [5.74, 6) is -5.02. The third-order valence-corrected chi connectivity index (χ3v) is 1.29. The van der Waals surface area contributed by atoms with Gasteiger partial charge in [0, 0.05) is 0 Å². The molecule has 96 valence electrons. The zero-order valence-electron chi connectivity index (χ0n) is 7.43. The molecular formula is C6H15K3O9. The number of carboxylic acid groups (broad SMARTS) is 3. The van der Waals surface area contributed by atoms with Crippen LogP contribution >= 0.6 is 0 Å². The molecule has 0 fully saturated rings. The first-order valence-electron chi connectivity index (χ1n) is 3.17. The summed E-state index contributed by atoms with van der Waals surface area (Å²) >= 11 is 0. The maximum atomic E-state index is 10.3. The standard InChI is InChI=1S/C6H8O7.3K.2H2O.3H/c7-3(8)1-6(13,5(11)12)2-4(9)10;;;;;;;;/h13H,1-2H2,(H,7,8)(H,9,10)(H,11,12);;;;2*1H2;;;. The average molecular weight is 348 g/mol. The summed E-state index contributed by atoms with van der Waals surface area (Å²) in [5.41, 5.74) is -2.74. The van der Waals surface area contributed by atoms with Crippen LogP contribution < -0.4 is 0 Å². The molecule has 18 heavy (non-hydrogen) atoms. The number of carbonyl (C=O) groups is 3. The molecule has 0 aromatic carbocycles. The normalized spacial score (nSPS) is 7.83. The second kappa shape index (κ2) is 18.2. The molecule has 0 aliphatic rings. The van der Waals surface area contributed by atoms with E-state index in [1.807, 2.05) is 0 Å². The van der Waals surface area contributed by atoms with Gasteiger partial charge in [0.25, 0.3) is 0 Å². The molecule has 0 atom stereocenters. The van der Waals surface area contributed by atoms with E-state index in [1.165, 1.54) is 0 Å². The molecule has 0 heterocycles. The van der Waals surface area contributed by atoms with E-state index in [0.29, 0.717) is 0 Å². The van der Waals surface area contributed by atoms with Crippen molar-refractivity contribution in [1.82, 2.24) is 0 Å². The molecule has 0 aliphatic heterocycles. The van der Waals surface area contributed by atoms with E-state index in [1.54, 1.807) is 0 Å². The molecule has 0 aromatic heterocycles. The minimum atomic E-state index is -2.74. The fourth-order valence-corrected chi connectivity index (χ4v) is 0.714. The Bertz CT molecular complexity index is 241. The van der Waals surface area contributed by atoms with Gasteiger partial charge in [0.05, 0.1) is 12.8 Å². The topological polar surface area (TPSA) is 195 Å². The Labute approximate surface area is 230 Å². The summed E-state index contributed by atoms with van der Waals surface area (Å²) in [4.78, 5) is 30.5. The van der Waals surface area contributed by atoms with Crippen molar-refractivity contribution in [3.8, 4) is 0 Å². The number of aliphatic hydroxyl groups is 1. The molecule has 0 saturated heterocycles. The number of carboxylic acids is 3. The van der Waals surface area contributed by atoms with Crippen molar-refractivity contribution in [3.63, 3.8) is 0 Å². The SMILES string of the molecule is O.O.O=C(O)CC(O)(CC(=O)O)C(=O)O.[KH].[KH].[KH]. The number of aliphatic carboxylic acids is 3. The van der Waals surface area contributed by atoms with Crippen LogP contribution in [0.2, 0.25) is 0 Å². The van der Waals surface area contributed by atoms with Crippen LogP contribution in [0.15, 0.2) is 0 Å². The number of rotatable bonds is 5. The fourth-order valence-electron chi connectivity index (χ4n) is 0.714.